The van der Waals surface area contributed by atoms with Crippen molar-refractivity contribution in [2.45, 2.75) is 26.3 Å². The fourth-order valence-corrected chi connectivity index (χ4v) is 3.15. The summed E-state index contributed by atoms with van der Waals surface area (Å²) in [5.74, 6) is 0.0535. The molecule has 0 aliphatic rings. The molecule has 0 bridgehead atoms. The van der Waals surface area contributed by atoms with Crippen LogP contribution in [0.5, 0.6) is 0 Å². The summed E-state index contributed by atoms with van der Waals surface area (Å²) in [5.41, 5.74) is 12.9. The number of hydrogen-bond acceptors (Lipinski definition) is 4. The Kier molecular flexibility index (Phi) is 6.31. The van der Waals surface area contributed by atoms with Gasteiger partial charge in [-0.15, -0.1) is 0 Å². The van der Waals surface area contributed by atoms with Crippen LogP contribution in [-0.2, 0) is 0 Å². The summed E-state index contributed by atoms with van der Waals surface area (Å²) in [6, 6.07) is 12.9. The van der Waals surface area contributed by atoms with Crippen molar-refractivity contribution >= 4 is 39.3 Å². The number of hydrogen-bond donors (Lipinski definition) is 2. The Morgan fingerprint density at radius 3 is 2.52 bits per heavy atom. The standard InChI is InChI=1S/C21H21FIN5O/c1-3-15(26-19(25)18(23)12(2)24)20-27-16-11-7-10-14(22)17(16)21(29)28(20)13-8-5-4-6-9-13/h4-11,15H,3,24H2,1-2H3,(H2,25,26)/b18-12+. The third-order valence-corrected chi connectivity index (χ3v) is 5.84. The average Bonchev–Trinajstić information content (AvgIpc) is 2.71. The average molecular weight is 505 g/mol. The lowest BCUT2D eigenvalue weighted by Crippen LogP contribution is -2.27. The molecule has 8 heteroatoms. The zero-order valence-electron chi connectivity index (χ0n) is 16.1. The lowest BCUT2D eigenvalue weighted by molar-refractivity contribution is 0.616. The highest BCUT2D eigenvalue weighted by molar-refractivity contribution is 14.1. The van der Waals surface area contributed by atoms with Gasteiger partial charge in [-0.25, -0.2) is 9.37 Å². The molecule has 1 aromatic heterocycles. The second-order valence-corrected chi connectivity index (χ2v) is 7.59. The van der Waals surface area contributed by atoms with Crippen LogP contribution in [0.3, 0.4) is 0 Å². The van der Waals surface area contributed by atoms with Crippen LogP contribution in [0.15, 0.2) is 67.6 Å². The van der Waals surface area contributed by atoms with Crippen molar-refractivity contribution in [3.63, 3.8) is 0 Å². The summed E-state index contributed by atoms with van der Waals surface area (Å²) in [4.78, 5) is 22.5. The minimum atomic E-state index is -0.608. The van der Waals surface area contributed by atoms with Crippen molar-refractivity contribution in [2.24, 2.45) is 16.5 Å². The first-order chi connectivity index (χ1) is 13.8. The minimum Gasteiger partial charge on any atom is -0.401 e. The van der Waals surface area contributed by atoms with Gasteiger partial charge in [0.15, 0.2) is 0 Å². The summed E-state index contributed by atoms with van der Waals surface area (Å²) in [5, 5.41) is -0.0563. The third-order valence-electron chi connectivity index (χ3n) is 4.44. The number of allylic oxidation sites excluding steroid dienone is 1. The number of amidine groups is 1. The van der Waals surface area contributed by atoms with Crippen LogP contribution in [0, 0.1) is 5.82 Å². The fraction of sp³-hybridized carbons (Fsp3) is 0.190. The molecule has 29 heavy (non-hydrogen) atoms. The van der Waals surface area contributed by atoms with Crippen LogP contribution >= 0.6 is 22.6 Å². The van der Waals surface area contributed by atoms with E-state index in [-0.39, 0.29) is 16.7 Å². The monoisotopic (exact) mass is 505 g/mol. The van der Waals surface area contributed by atoms with Crippen LogP contribution in [-0.4, -0.2) is 15.4 Å². The smallest absolute Gasteiger partial charge is 0.269 e. The van der Waals surface area contributed by atoms with Crippen molar-refractivity contribution in [3.8, 4) is 5.69 Å². The molecule has 3 rings (SSSR count). The second-order valence-electron chi connectivity index (χ2n) is 6.52. The Hall–Kier alpha value is -2.75. The third kappa shape index (κ3) is 4.16. The van der Waals surface area contributed by atoms with Gasteiger partial charge in [0.05, 0.1) is 14.8 Å². The van der Waals surface area contributed by atoms with E-state index in [0.717, 1.165) is 0 Å². The van der Waals surface area contributed by atoms with Gasteiger partial charge in [-0.2, -0.15) is 0 Å². The van der Waals surface area contributed by atoms with E-state index < -0.39 is 17.4 Å². The van der Waals surface area contributed by atoms with Gasteiger partial charge in [0, 0.05) is 5.70 Å². The summed E-state index contributed by atoms with van der Waals surface area (Å²) >= 11 is 2.03. The molecule has 6 nitrogen and oxygen atoms in total. The minimum absolute atomic E-state index is 0.0563. The summed E-state index contributed by atoms with van der Waals surface area (Å²) < 4.78 is 16.5. The molecule has 1 atom stereocenters. The molecule has 0 amide bonds. The number of fused-ring (bicyclic) bond motifs is 1. The predicted octanol–water partition coefficient (Wildman–Crippen LogP) is 3.96. The zero-order valence-corrected chi connectivity index (χ0v) is 18.2. The van der Waals surface area contributed by atoms with E-state index in [2.05, 4.69) is 9.98 Å². The quantitative estimate of drug-likeness (QED) is 0.312. The maximum Gasteiger partial charge on any atom is 0.269 e. The van der Waals surface area contributed by atoms with Crippen LogP contribution in [0.1, 0.15) is 32.1 Å². The SMILES string of the molecule is CCC(N=C(N)/C(I)=C(/C)N)c1nc2cccc(F)c2c(=O)n1-c1ccccc1. The van der Waals surface area contributed by atoms with E-state index >= 15 is 0 Å². The van der Waals surface area contributed by atoms with Crippen LogP contribution < -0.4 is 17.0 Å². The summed E-state index contributed by atoms with van der Waals surface area (Å²) in [6.45, 7) is 3.66. The molecule has 0 fully saturated rings. The normalized spacial score (nSPS) is 14.0. The van der Waals surface area contributed by atoms with Gasteiger partial charge in [-0.05, 0) is 60.2 Å². The van der Waals surface area contributed by atoms with E-state index in [9.17, 15) is 9.18 Å². The van der Waals surface area contributed by atoms with E-state index in [1.165, 1.54) is 16.7 Å². The van der Waals surface area contributed by atoms with Gasteiger partial charge < -0.3 is 11.5 Å². The van der Waals surface area contributed by atoms with Crippen molar-refractivity contribution in [1.82, 2.24) is 9.55 Å². The van der Waals surface area contributed by atoms with Crippen LogP contribution in [0.4, 0.5) is 4.39 Å². The van der Waals surface area contributed by atoms with Gasteiger partial charge in [0.2, 0.25) is 0 Å². The van der Waals surface area contributed by atoms with Crippen molar-refractivity contribution in [3.05, 3.63) is 79.8 Å². The molecule has 0 aliphatic carbocycles. The predicted molar refractivity (Wildman–Crippen MR) is 123 cm³/mol. The fourth-order valence-electron chi connectivity index (χ4n) is 3.02. The molecule has 0 saturated carbocycles. The number of halogens is 2. The van der Waals surface area contributed by atoms with Gasteiger partial charge in [-0.3, -0.25) is 14.4 Å². The molecular formula is C21H21FIN5O. The molecule has 3 aromatic rings. The number of nitrogens with two attached hydrogens (primary N) is 2. The topological polar surface area (TPSA) is 99.3 Å². The molecule has 150 valence electrons. The first-order valence-electron chi connectivity index (χ1n) is 9.07. The summed E-state index contributed by atoms with van der Waals surface area (Å²) in [6.07, 6.45) is 0.536. The van der Waals surface area contributed by atoms with E-state index in [4.69, 9.17) is 11.5 Å². The lowest BCUT2D eigenvalue weighted by atomic mass is 10.1. The van der Waals surface area contributed by atoms with Crippen molar-refractivity contribution < 1.29 is 4.39 Å². The van der Waals surface area contributed by atoms with Crippen LogP contribution in [0.2, 0.25) is 0 Å². The van der Waals surface area contributed by atoms with E-state index in [0.29, 0.717) is 27.2 Å². The van der Waals surface area contributed by atoms with Gasteiger partial charge >= 0.3 is 0 Å². The first kappa shape index (κ1) is 21.0. The molecule has 0 aliphatic heterocycles. The number of benzene rings is 2. The Labute approximate surface area is 181 Å². The summed E-state index contributed by atoms with van der Waals surface area (Å²) in [7, 11) is 0. The Morgan fingerprint density at radius 2 is 1.90 bits per heavy atom. The first-order valence-corrected chi connectivity index (χ1v) is 10.1. The largest absolute Gasteiger partial charge is 0.401 e. The second kappa shape index (κ2) is 8.73. The van der Waals surface area contributed by atoms with Gasteiger partial charge in [0.1, 0.15) is 28.9 Å². The van der Waals surface area contributed by atoms with Crippen molar-refractivity contribution in [2.75, 3.05) is 0 Å². The Bertz CT molecular complexity index is 1170. The van der Waals surface area contributed by atoms with Gasteiger partial charge in [-0.1, -0.05) is 31.2 Å². The lowest BCUT2D eigenvalue weighted by Gasteiger charge is -2.19. The highest BCUT2D eigenvalue weighted by Gasteiger charge is 2.21. The Balaban J connectivity index is 2.35. The number of aliphatic imine (C=N–C) groups is 1. The highest BCUT2D eigenvalue weighted by atomic mass is 127. The number of aromatic nitrogens is 2. The molecule has 1 unspecified atom stereocenters. The molecular weight excluding hydrogens is 484 g/mol. The molecule has 0 saturated heterocycles. The highest BCUT2D eigenvalue weighted by Crippen LogP contribution is 2.25. The van der Waals surface area contributed by atoms with E-state index in [1.54, 1.807) is 37.3 Å². The maximum atomic E-state index is 14.4. The van der Waals surface area contributed by atoms with E-state index in [1.807, 2.05) is 35.6 Å². The molecule has 1 heterocycles. The number of nitrogens with zero attached hydrogens (tertiary/aromatic N) is 3. The molecule has 4 N–H and O–H groups in total. The van der Waals surface area contributed by atoms with Gasteiger partial charge in [0.25, 0.3) is 5.56 Å². The van der Waals surface area contributed by atoms with Crippen LogP contribution in [0.25, 0.3) is 16.6 Å². The maximum absolute atomic E-state index is 14.4. The number of rotatable bonds is 5. The Morgan fingerprint density at radius 1 is 1.21 bits per heavy atom. The van der Waals surface area contributed by atoms with Crippen molar-refractivity contribution in [1.29, 1.82) is 0 Å². The molecule has 0 spiro atoms. The molecule has 0 radical (unpaired) electrons. The zero-order chi connectivity index (χ0) is 21.1. The number of para-hydroxylation sites is 1. The molecule has 2 aromatic carbocycles.